The van der Waals surface area contributed by atoms with E-state index >= 15 is 0 Å². The fourth-order valence-electron chi connectivity index (χ4n) is 3.91. The molecule has 1 aliphatic heterocycles. The van der Waals surface area contributed by atoms with E-state index in [4.69, 9.17) is 0 Å². The summed E-state index contributed by atoms with van der Waals surface area (Å²) in [6.45, 7) is 8.06. The Kier molecular flexibility index (Phi) is 7.69. The number of amides is 2. The molecule has 0 spiro atoms. The number of carbonyl (C=O) groups is 2. The smallest absolute Gasteiger partial charge is 0.234 e. The number of hydrogen-bond acceptors (Lipinski definition) is 4. The van der Waals surface area contributed by atoms with Crippen molar-refractivity contribution < 1.29 is 14.7 Å². The Balaban J connectivity index is 1.43. The second kappa shape index (κ2) is 10.4. The van der Waals surface area contributed by atoms with Crippen LogP contribution in [0.15, 0.2) is 48.5 Å². The minimum atomic E-state index is -0.114. The Hall–Kier alpha value is -2.86. The first-order valence-corrected chi connectivity index (χ1v) is 11.0. The average Bonchev–Trinajstić information content (AvgIpc) is 2.75. The van der Waals surface area contributed by atoms with Crippen LogP contribution in [0.25, 0.3) is 0 Å². The second-order valence-electron chi connectivity index (χ2n) is 8.67. The van der Waals surface area contributed by atoms with Crippen LogP contribution in [0.1, 0.15) is 56.7 Å². The van der Waals surface area contributed by atoms with E-state index < -0.39 is 0 Å². The average molecular weight is 424 g/mol. The summed E-state index contributed by atoms with van der Waals surface area (Å²) in [5.74, 6) is 0.360. The zero-order chi connectivity index (χ0) is 22.4. The van der Waals surface area contributed by atoms with E-state index in [2.05, 4.69) is 53.6 Å². The van der Waals surface area contributed by atoms with E-state index in [1.807, 2.05) is 6.92 Å². The molecule has 0 saturated carbocycles. The first-order chi connectivity index (χ1) is 14.8. The Morgan fingerprint density at radius 2 is 1.61 bits per heavy atom. The van der Waals surface area contributed by atoms with Crippen molar-refractivity contribution >= 4 is 17.5 Å². The van der Waals surface area contributed by atoms with Gasteiger partial charge in [0.25, 0.3) is 0 Å². The molecule has 2 aromatic rings. The van der Waals surface area contributed by atoms with Crippen molar-refractivity contribution in [3.8, 4) is 5.75 Å². The Labute approximate surface area is 184 Å². The lowest BCUT2D eigenvalue weighted by Gasteiger charge is -2.31. The highest BCUT2D eigenvalue weighted by molar-refractivity contribution is 5.93. The number of nitrogens with one attached hydrogen (secondary N) is 2. The van der Waals surface area contributed by atoms with E-state index in [9.17, 15) is 14.7 Å². The molecular formula is C25H33N3O3. The third-order valence-electron chi connectivity index (χ3n) is 5.97. The topological polar surface area (TPSA) is 81.7 Å². The lowest BCUT2D eigenvalue weighted by atomic mass is 9.95. The predicted molar refractivity (Wildman–Crippen MR) is 123 cm³/mol. The molecule has 31 heavy (non-hydrogen) atoms. The van der Waals surface area contributed by atoms with Crippen molar-refractivity contribution in [2.45, 2.75) is 45.6 Å². The summed E-state index contributed by atoms with van der Waals surface area (Å²) in [5.41, 5.74) is 2.82. The highest BCUT2D eigenvalue weighted by Crippen LogP contribution is 2.25. The monoisotopic (exact) mass is 423 g/mol. The van der Waals surface area contributed by atoms with Crippen molar-refractivity contribution in [3.63, 3.8) is 0 Å². The highest BCUT2D eigenvalue weighted by atomic mass is 16.3. The van der Waals surface area contributed by atoms with Gasteiger partial charge in [0.05, 0.1) is 18.3 Å². The maximum Gasteiger partial charge on any atom is 0.234 e. The molecule has 6 heteroatoms. The highest BCUT2D eigenvalue weighted by Gasteiger charge is 2.26. The van der Waals surface area contributed by atoms with Crippen LogP contribution in [-0.4, -0.2) is 41.5 Å². The molecule has 1 heterocycles. The van der Waals surface area contributed by atoms with Gasteiger partial charge in [-0.15, -0.1) is 0 Å². The van der Waals surface area contributed by atoms with Crippen LogP contribution in [0.5, 0.6) is 5.75 Å². The number of phenolic OH excluding ortho intramolecular Hbond substituents is 1. The maximum absolute atomic E-state index is 12.5. The van der Waals surface area contributed by atoms with Crippen molar-refractivity contribution in [2.75, 3.05) is 25.0 Å². The molecule has 0 bridgehead atoms. The van der Waals surface area contributed by atoms with Gasteiger partial charge >= 0.3 is 0 Å². The van der Waals surface area contributed by atoms with Gasteiger partial charge in [-0.25, -0.2) is 0 Å². The van der Waals surface area contributed by atoms with E-state index in [1.54, 1.807) is 24.3 Å². The number of aromatic hydroxyl groups is 1. The molecular weight excluding hydrogens is 390 g/mol. The molecule has 0 radical (unpaired) electrons. The van der Waals surface area contributed by atoms with Crippen LogP contribution in [0.2, 0.25) is 0 Å². The molecule has 3 N–H and O–H groups in total. The van der Waals surface area contributed by atoms with Gasteiger partial charge in [-0.1, -0.05) is 50.2 Å². The molecule has 2 aromatic carbocycles. The molecule has 2 amide bonds. The zero-order valence-corrected chi connectivity index (χ0v) is 18.6. The van der Waals surface area contributed by atoms with Crippen molar-refractivity contribution in [3.05, 3.63) is 59.7 Å². The first kappa shape index (κ1) is 22.8. The molecule has 6 nitrogen and oxygen atoms in total. The Bertz CT molecular complexity index is 887. The number of piperidine rings is 1. The summed E-state index contributed by atoms with van der Waals surface area (Å²) >= 11 is 0. The van der Waals surface area contributed by atoms with E-state index in [1.165, 1.54) is 5.56 Å². The van der Waals surface area contributed by atoms with Crippen molar-refractivity contribution in [1.82, 2.24) is 10.2 Å². The largest absolute Gasteiger partial charge is 0.506 e. The fourth-order valence-corrected chi connectivity index (χ4v) is 3.91. The van der Waals surface area contributed by atoms with Gasteiger partial charge in [-0.3, -0.25) is 14.5 Å². The Morgan fingerprint density at radius 1 is 1.00 bits per heavy atom. The van der Waals surface area contributed by atoms with Gasteiger partial charge in [-0.05, 0) is 62.0 Å². The molecule has 1 fully saturated rings. The van der Waals surface area contributed by atoms with E-state index in [0.717, 1.165) is 5.56 Å². The van der Waals surface area contributed by atoms with Crippen LogP contribution in [0, 0.1) is 5.92 Å². The van der Waals surface area contributed by atoms with Crippen LogP contribution < -0.4 is 10.6 Å². The minimum Gasteiger partial charge on any atom is -0.506 e. The van der Waals surface area contributed by atoms with Crippen LogP contribution in [0.3, 0.4) is 0 Å². The lowest BCUT2D eigenvalue weighted by Crippen LogP contribution is -2.43. The van der Waals surface area contributed by atoms with Crippen LogP contribution in [-0.2, 0) is 9.59 Å². The van der Waals surface area contributed by atoms with Gasteiger partial charge in [0.1, 0.15) is 5.75 Å². The standard InChI is InChI=1S/C25H33N3O3/c1-17(2)19-8-10-20(11-9-19)18(3)26-24(30)16-28-14-12-21(13-15-28)25(31)27-22-6-4-5-7-23(22)29/h4-11,17-18,21,29H,12-16H2,1-3H3,(H,26,30)(H,27,31)/t18-/m1/s1. The quantitative estimate of drug-likeness (QED) is 0.587. The van der Waals surface area contributed by atoms with Gasteiger partial charge in [0.2, 0.25) is 11.8 Å². The summed E-state index contributed by atoms with van der Waals surface area (Å²) < 4.78 is 0. The van der Waals surface area contributed by atoms with E-state index in [-0.39, 0.29) is 29.5 Å². The molecule has 0 aliphatic carbocycles. The van der Waals surface area contributed by atoms with Crippen molar-refractivity contribution in [2.24, 2.45) is 5.92 Å². The molecule has 166 valence electrons. The number of likely N-dealkylation sites (tertiary alicyclic amines) is 1. The number of phenols is 1. The number of nitrogens with zero attached hydrogens (tertiary/aromatic N) is 1. The maximum atomic E-state index is 12.5. The predicted octanol–water partition coefficient (Wildman–Crippen LogP) is 4.04. The number of anilines is 1. The van der Waals surface area contributed by atoms with Gasteiger partial charge in [0.15, 0.2) is 0 Å². The number of benzene rings is 2. The molecule has 1 atom stereocenters. The fraction of sp³-hybridized carbons (Fsp3) is 0.440. The van der Waals surface area contributed by atoms with Crippen LogP contribution >= 0.6 is 0 Å². The lowest BCUT2D eigenvalue weighted by molar-refractivity contribution is -0.124. The zero-order valence-electron chi connectivity index (χ0n) is 18.6. The summed E-state index contributed by atoms with van der Waals surface area (Å²) in [4.78, 5) is 27.1. The van der Waals surface area contributed by atoms with E-state index in [0.29, 0.717) is 44.1 Å². The SMILES string of the molecule is CC(C)c1ccc([C@@H](C)NC(=O)CN2CCC(C(=O)Nc3ccccc3O)CC2)cc1. The molecule has 1 saturated heterocycles. The number of rotatable bonds is 7. The molecule has 3 rings (SSSR count). The third-order valence-corrected chi connectivity index (χ3v) is 5.97. The molecule has 1 aliphatic rings. The second-order valence-corrected chi connectivity index (χ2v) is 8.67. The normalized spacial score (nSPS) is 16.1. The summed E-state index contributed by atoms with van der Waals surface area (Å²) in [5, 5.41) is 15.7. The summed E-state index contributed by atoms with van der Waals surface area (Å²) in [6.07, 6.45) is 1.39. The Morgan fingerprint density at radius 3 is 2.23 bits per heavy atom. The number of para-hydroxylation sites is 2. The van der Waals surface area contributed by atoms with Crippen molar-refractivity contribution in [1.29, 1.82) is 0 Å². The number of carbonyl (C=O) groups excluding carboxylic acids is 2. The van der Waals surface area contributed by atoms with Gasteiger partial charge < -0.3 is 15.7 Å². The van der Waals surface area contributed by atoms with Gasteiger partial charge in [0, 0.05) is 5.92 Å². The van der Waals surface area contributed by atoms with Crippen LogP contribution in [0.4, 0.5) is 5.69 Å². The first-order valence-electron chi connectivity index (χ1n) is 11.0. The molecule has 0 aromatic heterocycles. The number of hydrogen-bond donors (Lipinski definition) is 3. The summed E-state index contributed by atoms with van der Waals surface area (Å²) in [7, 11) is 0. The summed E-state index contributed by atoms with van der Waals surface area (Å²) in [6, 6.07) is 15.1. The third kappa shape index (κ3) is 6.31. The minimum absolute atomic E-state index is 0.00227. The van der Waals surface area contributed by atoms with Gasteiger partial charge in [-0.2, -0.15) is 0 Å². The molecule has 0 unspecified atom stereocenters.